The Morgan fingerprint density at radius 3 is 0.646 bits per heavy atom. The summed E-state index contributed by atoms with van der Waals surface area (Å²) in [4.78, 5) is 0. The minimum atomic E-state index is 0. The van der Waals surface area contributed by atoms with Gasteiger partial charge in [0.25, 0.3) is 0 Å². The van der Waals surface area contributed by atoms with Crippen LogP contribution in [0.5, 0.6) is 0 Å². The van der Waals surface area contributed by atoms with Crippen molar-refractivity contribution in [3.05, 3.63) is 311 Å². The van der Waals surface area contributed by atoms with Crippen LogP contribution in [-0.4, -0.2) is 7.62 Å². The minimum absolute atomic E-state index is 0. The first-order valence-electron chi connectivity index (χ1n) is 29.3. The van der Waals surface area contributed by atoms with Crippen molar-refractivity contribution in [3.63, 3.8) is 0 Å². The van der Waals surface area contributed by atoms with Gasteiger partial charge in [-0.15, -0.1) is 164 Å². The fraction of sp³-hybridized carbons (Fsp3) is 0.205. The van der Waals surface area contributed by atoms with Gasteiger partial charge < -0.3 is 24.8 Å². The molecule has 0 aromatic heterocycles. The summed E-state index contributed by atoms with van der Waals surface area (Å²) in [5, 5.41) is 11.3. The average Bonchev–Trinajstić information content (AvgIpc) is 4.38. The number of aryl methyl sites for hydroxylation is 4. The topological polar surface area (TPSA) is 0 Å². The van der Waals surface area contributed by atoms with Crippen LogP contribution in [0.1, 0.15) is 124 Å². The van der Waals surface area contributed by atoms with Crippen molar-refractivity contribution in [2.24, 2.45) is 0 Å². The van der Waals surface area contributed by atoms with Gasteiger partial charge in [-0.3, -0.25) is 0 Å². The van der Waals surface area contributed by atoms with E-state index in [-0.39, 0.29) is 24.8 Å². The molecule has 0 saturated heterocycles. The second-order valence-electron chi connectivity index (χ2n) is 20.4. The van der Waals surface area contributed by atoms with Crippen LogP contribution in [0.15, 0.2) is 267 Å². The maximum atomic E-state index is 2.26. The third-order valence-corrected chi connectivity index (χ3v) is 16.3. The van der Waals surface area contributed by atoms with Gasteiger partial charge in [-0.05, 0) is 0 Å². The van der Waals surface area contributed by atoms with Crippen LogP contribution in [0.3, 0.4) is 0 Å². The van der Waals surface area contributed by atoms with Crippen LogP contribution >= 0.6 is 0 Å². The molecule has 0 radical (unpaired) electrons. The van der Waals surface area contributed by atoms with Crippen molar-refractivity contribution < 1.29 is 64.8 Å². The number of halogens is 2. The van der Waals surface area contributed by atoms with Crippen molar-refractivity contribution in [1.82, 2.24) is 0 Å². The Hall–Kier alpha value is -6.05. The van der Waals surface area contributed by atoms with Gasteiger partial charge in [0.1, 0.15) is 0 Å². The molecular formula is C78H80Cl2Ti2-2. The molecule has 0 aliphatic carbocycles. The van der Waals surface area contributed by atoms with E-state index in [0.717, 1.165) is 0 Å². The fourth-order valence-electron chi connectivity index (χ4n) is 9.95. The molecule has 12 rings (SSSR count). The summed E-state index contributed by atoms with van der Waals surface area (Å²) in [7, 11) is 0. The summed E-state index contributed by atoms with van der Waals surface area (Å²) in [6.07, 6.45) is 15.2. The third kappa shape index (κ3) is 20.7. The Labute approximate surface area is 527 Å². The number of hydrogen-bond acceptors (Lipinski definition) is 0. The molecule has 0 amide bonds. The fourth-order valence-corrected chi connectivity index (χ4v) is 11.0. The van der Waals surface area contributed by atoms with E-state index in [1.807, 2.05) is 24.3 Å². The van der Waals surface area contributed by atoms with Gasteiger partial charge in [0.15, 0.2) is 0 Å². The summed E-state index contributed by atoms with van der Waals surface area (Å²) in [6.45, 7) is 8.96. The van der Waals surface area contributed by atoms with Crippen LogP contribution < -0.4 is 24.8 Å². The van der Waals surface area contributed by atoms with Gasteiger partial charge >= 0.3 is 191 Å². The van der Waals surface area contributed by atoms with Gasteiger partial charge in [-0.2, -0.15) is 22.3 Å². The molecule has 0 aliphatic rings. The normalized spacial score (nSPS) is 10.2. The molecule has 0 aliphatic heterocycles. The molecule has 0 spiro atoms. The molecule has 0 saturated carbocycles. The Morgan fingerprint density at radius 2 is 0.451 bits per heavy atom. The van der Waals surface area contributed by atoms with E-state index < -0.39 is 0 Å². The molecule has 4 heteroatoms. The van der Waals surface area contributed by atoms with Crippen molar-refractivity contribution in [2.45, 2.75) is 105 Å². The van der Waals surface area contributed by atoms with Crippen LogP contribution in [-0.2, 0) is 65.6 Å². The molecule has 0 nitrogen and oxygen atoms in total. The maximum absolute atomic E-state index is 2.26. The molecule has 82 heavy (non-hydrogen) atoms. The predicted molar refractivity (Wildman–Crippen MR) is 345 cm³/mol. The summed E-state index contributed by atoms with van der Waals surface area (Å²) in [5.41, 5.74) is 11.2. The van der Waals surface area contributed by atoms with E-state index in [4.69, 9.17) is 0 Å². The first kappa shape index (κ1) is 66.7. The Kier molecular flexibility index (Phi) is 30.9. The van der Waals surface area contributed by atoms with Gasteiger partial charge in [-0.1, -0.05) is 129 Å². The summed E-state index contributed by atoms with van der Waals surface area (Å²) in [6, 6.07) is 94.4. The average molecular weight is 1180 g/mol. The predicted octanol–water partition coefficient (Wildman–Crippen LogP) is 15.2. The molecular weight excluding hydrogens is 1100 g/mol. The van der Waals surface area contributed by atoms with Crippen molar-refractivity contribution in [2.75, 3.05) is 0 Å². The Morgan fingerprint density at radius 1 is 0.268 bits per heavy atom. The summed E-state index contributed by atoms with van der Waals surface area (Å²) in [5.74, 6) is 0. The number of hydrogen-bond donors (Lipinski definition) is 0. The van der Waals surface area contributed by atoms with E-state index >= 15 is 0 Å². The van der Waals surface area contributed by atoms with Gasteiger partial charge in [-0.25, -0.2) is 0 Å². The summed E-state index contributed by atoms with van der Waals surface area (Å²) < 4.78 is 2.65. The van der Waals surface area contributed by atoms with Crippen LogP contribution in [0, 0.1) is 0 Å². The zero-order valence-electron chi connectivity index (χ0n) is 48.6. The number of benzene rings is 8. The quantitative estimate of drug-likeness (QED) is 0.0668. The number of rotatable bonds is 16. The standard InChI is InChI=1S/2C13H10.4C13H15.2ClH.2Ti/c2*1-3-7-12(8-4-1)11-13-9-5-2-6-10-13;4*1-2-3-6-11-9-10-12-7-4-5-8-13(11)12;;;;/h2*1-10H;4*4-5,7-10H,2-3,6H2,1H3;2*1H;;/q;;4*-1;;;2*+2/p-2. The van der Waals surface area contributed by atoms with E-state index in [0.29, 0.717) is 0 Å². The zero-order valence-corrected chi connectivity index (χ0v) is 53.3. The molecule has 0 fully saturated rings. The summed E-state index contributed by atoms with van der Waals surface area (Å²) >= 11 is 4.31. The number of fused-ring (bicyclic) bond motifs is 4. The van der Waals surface area contributed by atoms with Gasteiger partial charge in [0, 0.05) is 0 Å². The van der Waals surface area contributed by atoms with E-state index in [1.165, 1.54) is 172 Å². The van der Waals surface area contributed by atoms with Crippen LogP contribution in [0.25, 0.3) is 43.1 Å². The molecule has 0 N–H and O–H groups in total. The van der Waals surface area contributed by atoms with Crippen molar-refractivity contribution in [1.29, 1.82) is 0 Å². The van der Waals surface area contributed by atoms with Crippen LogP contribution in [0.4, 0.5) is 0 Å². The second kappa shape index (κ2) is 37.9. The van der Waals surface area contributed by atoms with E-state index in [1.54, 1.807) is 0 Å². The van der Waals surface area contributed by atoms with E-state index in [9.17, 15) is 0 Å². The molecule has 0 atom stereocenters. The van der Waals surface area contributed by atoms with Crippen LogP contribution in [0.2, 0.25) is 0 Å². The molecule has 12 aromatic carbocycles. The Balaban J connectivity index is 0.000000180. The van der Waals surface area contributed by atoms with Gasteiger partial charge in [0.05, 0.1) is 0 Å². The molecule has 0 heterocycles. The van der Waals surface area contributed by atoms with E-state index in [2.05, 4.69) is 310 Å². The Bertz CT molecular complexity index is 3150. The number of unbranched alkanes of at least 4 members (excludes halogenated alkanes) is 4. The first-order valence-corrected chi connectivity index (χ1v) is 30.9. The van der Waals surface area contributed by atoms with Gasteiger partial charge in [0.2, 0.25) is 0 Å². The van der Waals surface area contributed by atoms with Crippen molar-refractivity contribution in [3.8, 4) is 0 Å². The SMILES string of the molecule is CCCCc1c[cH-]c2ccccc12.CCCCc1c[cH-]c2ccccc12.CCCCc1c[cH-]c2ccccc12.CCCCc1c[cH-]c2ccccc12.[Cl-].[Cl-].[Ti+2]=[C](c1ccccc1)c1ccccc1.[Ti+2]=[C](c1ccccc1)c1ccccc1. The second-order valence-corrected chi connectivity index (χ2v) is 22.0. The third-order valence-electron chi connectivity index (χ3n) is 14.5. The molecule has 0 unspecified atom stereocenters. The first-order chi connectivity index (χ1) is 39.4. The van der Waals surface area contributed by atoms with Crippen molar-refractivity contribution >= 4 is 50.7 Å². The monoisotopic (exact) mass is 1180 g/mol. The molecule has 0 bridgehead atoms. The zero-order chi connectivity index (χ0) is 56.0. The molecule has 12 aromatic rings. The molecule has 416 valence electrons.